The Balaban J connectivity index is 1.38. The number of urea groups is 1. The molecule has 0 spiro atoms. The quantitative estimate of drug-likeness (QED) is 0.219. The molecule has 0 radical (unpaired) electrons. The largest absolute Gasteiger partial charge is 0.325 e. The lowest BCUT2D eigenvalue weighted by atomic mass is 9.92. The van der Waals surface area contributed by atoms with Crippen LogP contribution in [0.3, 0.4) is 0 Å². The van der Waals surface area contributed by atoms with E-state index in [1.54, 1.807) is 6.07 Å². The number of Topliss-reactive ketones (excluding diaryl/α,β-unsaturated/α-hetero) is 1. The van der Waals surface area contributed by atoms with Crippen molar-refractivity contribution in [2.75, 3.05) is 6.54 Å². The van der Waals surface area contributed by atoms with Gasteiger partial charge in [0.25, 0.3) is 11.6 Å². The number of ketones is 1. The van der Waals surface area contributed by atoms with E-state index in [1.165, 1.54) is 36.8 Å². The van der Waals surface area contributed by atoms with Crippen molar-refractivity contribution in [3.63, 3.8) is 0 Å². The Morgan fingerprint density at radius 2 is 1.73 bits per heavy atom. The number of nitro benzene ring substituents is 1. The average molecular weight is 441 g/mol. The molecular formula is C25H19N3O5. The van der Waals surface area contributed by atoms with Gasteiger partial charge in [0.05, 0.1) is 11.5 Å². The molecule has 8 nitrogen and oxygen atoms in total. The molecule has 2 aliphatic rings. The summed E-state index contributed by atoms with van der Waals surface area (Å²) in [4.78, 5) is 50.0. The van der Waals surface area contributed by atoms with Gasteiger partial charge in [0.1, 0.15) is 5.54 Å². The van der Waals surface area contributed by atoms with Crippen LogP contribution in [0.2, 0.25) is 0 Å². The number of nitro groups is 1. The normalized spacial score (nSPS) is 18.6. The fraction of sp³-hybridized carbons (Fsp3) is 0.160. The van der Waals surface area contributed by atoms with Crippen molar-refractivity contribution < 1.29 is 19.3 Å². The maximum atomic E-state index is 13.1. The lowest BCUT2D eigenvalue weighted by Gasteiger charge is -2.22. The predicted molar refractivity (Wildman–Crippen MR) is 120 cm³/mol. The first-order chi connectivity index (χ1) is 15.8. The van der Waals surface area contributed by atoms with Crippen LogP contribution in [0.15, 0.2) is 66.7 Å². The molecule has 1 aliphatic heterocycles. The van der Waals surface area contributed by atoms with E-state index in [9.17, 15) is 24.5 Å². The maximum Gasteiger partial charge on any atom is 0.325 e. The van der Waals surface area contributed by atoms with Crippen LogP contribution in [-0.4, -0.2) is 34.1 Å². The highest BCUT2D eigenvalue weighted by Gasteiger charge is 2.49. The number of fused-ring (bicyclic) bond motifs is 3. The van der Waals surface area contributed by atoms with Crippen molar-refractivity contribution in [2.24, 2.45) is 0 Å². The minimum Gasteiger partial charge on any atom is -0.319 e. The van der Waals surface area contributed by atoms with E-state index in [-0.39, 0.29) is 11.5 Å². The Kier molecular flexibility index (Phi) is 4.59. The van der Waals surface area contributed by atoms with E-state index >= 15 is 0 Å². The first-order valence-corrected chi connectivity index (χ1v) is 10.4. The molecule has 1 atom stereocenters. The van der Waals surface area contributed by atoms with E-state index in [1.807, 2.05) is 30.3 Å². The zero-order valence-corrected chi connectivity index (χ0v) is 17.7. The first kappa shape index (κ1) is 20.6. The van der Waals surface area contributed by atoms with Gasteiger partial charge in [-0.2, -0.15) is 0 Å². The third kappa shape index (κ3) is 3.27. The van der Waals surface area contributed by atoms with Gasteiger partial charge in [-0.05, 0) is 59.4 Å². The highest BCUT2D eigenvalue weighted by atomic mass is 16.6. The number of nitrogens with zero attached hydrogens (tertiary/aromatic N) is 2. The summed E-state index contributed by atoms with van der Waals surface area (Å²) in [6.07, 6.45) is 0.806. The van der Waals surface area contributed by atoms with Gasteiger partial charge in [-0.25, -0.2) is 4.79 Å². The second-order valence-electron chi connectivity index (χ2n) is 8.38. The van der Waals surface area contributed by atoms with Crippen molar-refractivity contribution in [1.29, 1.82) is 0 Å². The molecule has 1 saturated heterocycles. The van der Waals surface area contributed by atoms with Crippen LogP contribution < -0.4 is 5.32 Å². The maximum absolute atomic E-state index is 13.1. The second-order valence-corrected chi connectivity index (χ2v) is 8.38. The van der Waals surface area contributed by atoms with Gasteiger partial charge in [0.2, 0.25) is 0 Å². The standard InChI is InChI=1S/C25H19N3O5/c1-25(18-8-10-19(11-9-18)28(32)33)23(30)27(24(31)26-25)14-22(29)17-7-6-16-12-15-4-2-3-5-20(15)21(16)13-17/h2-11,13H,12,14H2,1H3,(H,26,31). The molecule has 0 aromatic heterocycles. The molecule has 1 unspecified atom stereocenters. The van der Waals surface area contributed by atoms with Crippen molar-refractivity contribution in [3.05, 3.63) is 99.1 Å². The minimum absolute atomic E-state index is 0.121. The minimum atomic E-state index is -1.41. The highest BCUT2D eigenvalue weighted by Crippen LogP contribution is 2.37. The fourth-order valence-electron chi connectivity index (χ4n) is 4.48. The van der Waals surface area contributed by atoms with Crippen LogP contribution in [0.25, 0.3) is 11.1 Å². The molecule has 0 bridgehead atoms. The number of imide groups is 1. The highest BCUT2D eigenvalue weighted by molar-refractivity contribution is 6.11. The second kappa shape index (κ2) is 7.37. The van der Waals surface area contributed by atoms with Gasteiger partial charge in [0.15, 0.2) is 5.78 Å². The van der Waals surface area contributed by atoms with E-state index in [0.29, 0.717) is 11.1 Å². The van der Waals surface area contributed by atoms with Crippen molar-refractivity contribution >= 4 is 23.4 Å². The molecule has 1 heterocycles. The first-order valence-electron chi connectivity index (χ1n) is 10.4. The van der Waals surface area contributed by atoms with Crippen LogP contribution >= 0.6 is 0 Å². The Bertz CT molecular complexity index is 1350. The topological polar surface area (TPSA) is 110 Å². The van der Waals surface area contributed by atoms with Gasteiger partial charge in [-0.15, -0.1) is 0 Å². The number of non-ortho nitro benzene ring substituents is 1. The lowest BCUT2D eigenvalue weighted by molar-refractivity contribution is -0.384. The summed E-state index contributed by atoms with van der Waals surface area (Å²) in [7, 11) is 0. The Hall–Kier alpha value is -4.33. The number of hydrogen-bond acceptors (Lipinski definition) is 5. The summed E-state index contributed by atoms with van der Waals surface area (Å²) >= 11 is 0. The molecule has 164 valence electrons. The molecule has 0 saturated carbocycles. The van der Waals surface area contributed by atoms with Gasteiger partial charge in [0, 0.05) is 17.7 Å². The SMILES string of the molecule is CC1(c2ccc([N+](=O)[O-])cc2)NC(=O)N(CC(=O)c2ccc3c(c2)-c2ccccc2C3)C1=O. The van der Waals surface area contributed by atoms with Gasteiger partial charge < -0.3 is 5.32 Å². The number of amides is 3. The molecule has 8 heteroatoms. The Labute approximate surface area is 189 Å². The lowest BCUT2D eigenvalue weighted by Crippen LogP contribution is -2.41. The fourth-order valence-corrected chi connectivity index (χ4v) is 4.48. The molecule has 1 fully saturated rings. The van der Waals surface area contributed by atoms with Crippen molar-refractivity contribution in [2.45, 2.75) is 18.9 Å². The van der Waals surface area contributed by atoms with Crippen LogP contribution in [0.4, 0.5) is 10.5 Å². The van der Waals surface area contributed by atoms with E-state index in [0.717, 1.165) is 28.0 Å². The zero-order valence-electron chi connectivity index (χ0n) is 17.7. The summed E-state index contributed by atoms with van der Waals surface area (Å²) in [6, 6.07) is 18.2. The van der Waals surface area contributed by atoms with E-state index in [4.69, 9.17) is 0 Å². The summed E-state index contributed by atoms with van der Waals surface area (Å²) in [5.74, 6) is -0.931. The smallest absolute Gasteiger partial charge is 0.319 e. The molecule has 1 aliphatic carbocycles. The Morgan fingerprint density at radius 3 is 2.45 bits per heavy atom. The summed E-state index contributed by atoms with van der Waals surface area (Å²) < 4.78 is 0. The number of rotatable bonds is 5. The van der Waals surface area contributed by atoms with Crippen LogP contribution in [0.1, 0.15) is 34.0 Å². The molecule has 33 heavy (non-hydrogen) atoms. The van der Waals surface area contributed by atoms with E-state index < -0.39 is 28.9 Å². The predicted octanol–water partition coefficient (Wildman–Crippen LogP) is 3.82. The monoisotopic (exact) mass is 441 g/mol. The van der Waals surface area contributed by atoms with Crippen LogP contribution in [-0.2, 0) is 16.8 Å². The number of benzene rings is 3. The molecule has 3 amide bonds. The average Bonchev–Trinajstić information content (AvgIpc) is 3.29. The summed E-state index contributed by atoms with van der Waals surface area (Å²) in [6.45, 7) is 1.12. The summed E-state index contributed by atoms with van der Waals surface area (Å²) in [5, 5.41) is 13.5. The third-order valence-electron chi connectivity index (χ3n) is 6.35. The number of carbonyl (C=O) groups excluding carboxylic acids is 3. The van der Waals surface area contributed by atoms with Gasteiger partial charge in [-0.3, -0.25) is 24.6 Å². The third-order valence-corrected chi connectivity index (χ3v) is 6.35. The molecule has 1 N–H and O–H groups in total. The van der Waals surface area contributed by atoms with E-state index in [2.05, 4.69) is 11.4 Å². The number of hydrogen-bond donors (Lipinski definition) is 1. The van der Waals surface area contributed by atoms with Gasteiger partial charge in [-0.1, -0.05) is 36.4 Å². The Morgan fingerprint density at radius 1 is 1.03 bits per heavy atom. The van der Waals surface area contributed by atoms with Crippen LogP contribution in [0.5, 0.6) is 0 Å². The number of carbonyl (C=O) groups is 3. The number of nitrogens with one attached hydrogen (secondary N) is 1. The molecular weight excluding hydrogens is 422 g/mol. The summed E-state index contributed by atoms with van der Waals surface area (Å²) in [5.41, 5.74) is 3.70. The molecule has 3 aromatic rings. The van der Waals surface area contributed by atoms with Crippen LogP contribution in [0, 0.1) is 10.1 Å². The zero-order chi connectivity index (χ0) is 23.3. The molecule has 3 aromatic carbocycles. The van der Waals surface area contributed by atoms with Gasteiger partial charge >= 0.3 is 6.03 Å². The van der Waals surface area contributed by atoms with Crippen molar-refractivity contribution in [3.8, 4) is 11.1 Å². The molecule has 5 rings (SSSR count). The van der Waals surface area contributed by atoms with Crippen molar-refractivity contribution in [1.82, 2.24) is 10.2 Å².